The summed E-state index contributed by atoms with van der Waals surface area (Å²) in [5.74, 6) is 0.433. The lowest BCUT2D eigenvalue weighted by Crippen LogP contribution is -2.19. The Morgan fingerprint density at radius 3 is 2.33 bits per heavy atom. The second-order valence-electron chi connectivity index (χ2n) is 4.78. The van der Waals surface area contributed by atoms with Crippen molar-refractivity contribution in [3.8, 4) is 0 Å². The SMILES string of the molecule is CCC(CC)Nc1ccc(C(=O)Nc2ccccc2)nn1. The number of nitrogens with one attached hydrogen (secondary N) is 2. The number of para-hydroxylation sites is 1. The molecule has 0 atom stereocenters. The maximum Gasteiger partial charge on any atom is 0.276 e. The first-order chi connectivity index (χ1) is 10.2. The molecule has 0 aliphatic rings. The van der Waals surface area contributed by atoms with E-state index in [1.807, 2.05) is 30.3 Å². The fraction of sp³-hybridized carbons (Fsp3) is 0.312. The molecule has 110 valence electrons. The van der Waals surface area contributed by atoms with Crippen LogP contribution >= 0.6 is 0 Å². The summed E-state index contributed by atoms with van der Waals surface area (Å²) < 4.78 is 0. The van der Waals surface area contributed by atoms with Crippen LogP contribution in [0.5, 0.6) is 0 Å². The minimum atomic E-state index is -0.261. The van der Waals surface area contributed by atoms with Crippen molar-refractivity contribution in [1.82, 2.24) is 10.2 Å². The number of rotatable bonds is 6. The van der Waals surface area contributed by atoms with E-state index < -0.39 is 0 Å². The summed E-state index contributed by atoms with van der Waals surface area (Å²) in [4.78, 5) is 12.0. The summed E-state index contributed by atoms with van der Waals surface area (Å²) >= 11 is 0. The van der Waals surface area contributed by atoms with Crippen LogP contribution in [-0.2, 0) is 0 Å². The molecule has 0 aliphatic carbocycles. The summed E-state index contributed by atoms with van der Waals surface area (Å²) in [6.07, 6.45) is 2.04. The Kier molecular flexibility index (Phi) is 5.26. The molecule has 21 heavy (non-hydrogen) atoms. The van der Waals surface area contributed by atoms with Crippen LogP contribution in [0.4, 0.5) is 11.5 Å². The molecule has 0 bridgehead atoms. The van der Waals surface area contributed by atoms with E-state index in [9.17, 15) is 4.79 Å². The van der Waals surface area contributed by atoms with Crippen molar-refractivity contribution in [3.63, 3.8) is 0 Å². The molecule has 0 saturated heterocycles. The van der Waals surface area contributed by atoms with Gasteiger partial charge in [0.05, 0.1) is 0 Å². The van der Waals surface area contributed by atoms with Gasteiger partial charge in [-0.1, -0.05) is 32.0 Å². The smallest absolute Gasteiger partial charge is 0.276 e. The summed E-state index contributed by atoms with van der Waals surface area (Å²) in [6.45, 7) is 4.24. The van der Waals surface area contributed by atoms with Gasteiger partial charge in [-0.2, -0.15) is 0 Å². The number of carbonyl (C=O) groups is 1. The zero-order chi connectivity index (χ0) is 15.1. The Hall–Kier alpha value is -2.43. The predicted octanol–water partition coefficient (Wildman–Crippen LogP) is 3.33. The lowest BCUT2D eigenvalue weighted by molar-refractivity contribution is 0.102. The van der Waals surface area contributed by atoms with Crippen LogP contribution in [0, 0.1) is 0 Å². The van der Waals surface area contributed by atoms with Crippen LogP contribution < -0.4 is 10.6 Å². The average Bonchev–Trinajstić information content (AvgIpc) is 2.54. The molecule has 0 radical (unpaired) electrons. The first-order valence-corrected chi connectivity index (χ1v) is 7.19. The zero-order valence-corrected chi connectivity index (χ0v) is 12.3. The second-order valence-corrected chi connectivity index (χ2v) is 4.78. The molecule has 2 aromatic rings. The van der Waals surface area contributed by atoms with E-state index in [1.165, 1.54) is 0 Å². The van der Waals surface area contributed by atoms with Crippen LogP contribution in [0.3, 0.4) is 0 Å². The van der Waals surface area contributed by atoms with Crippen LogP contribution in [0.1, 0.15) is 37.2 Å². The highest BCUT2D eigenvalue weighted by molar-refractivity contribution is 6.02. The molecule has 2 N–H and O–H groups in total. The molecule has 0 unspecified atom stereocenters. The largest absolute Gasteiger partial charge is 0.366 e. The van der Waals surface area contributed by atoms with Crippen molar-refractivity contribution in [2.24, 2.45) is 0 Å². The Morgan fingerprint density at radius 1 is 1.05 bits per heavy atom. The van der Waals surface area contributed by atoms with E-state index in [0.29, 0.717) is 17.6 Å². The highest BCUT2D eigenvalue weighted by Gasteiger charge is 2.09. The maximum atomic E-state index is 12.0. The van der Waals surface area contributed by atoms with E-state index in [-0.39, 0.29) is 5.91 Å². The molecule has 1 heterocycles. The minimum absolute atomic E-state index is 0.261. The van der Waals surface area contributed by atoms with Gasteiger partial charge in [-0.3, -0.25) is 4.79 Å². The van der Waals surface area contributed by atoms with Gasteiger partial charge in [0.15, 0.2) is 5.69 Å². The van der Waals surface area contributed by atoms with Crippen LogP contribution in [0.25, 0.3) is 0 Å². The van der Waals surface area contributed by atoms with E-state index in [2.05, 4.69) is 34.7 Å². The number of hydrogen-bond donors (Lipinski definition) is 2. The van der Waals surface area contributed by atoms with Crippen molar-refractivity contribution in [3.05, 3.63) is 48.2 Å². The minimum Gasteiger partial charge on any atom is -0.366 e. The molecule has 5 heteroatoms. The Balaban J connectivity index is 2.00. The quantitative estimate of drug-likeness (QED) is 0.854. The molecule has 5 nitrogen and oxygen atoms in total. The number of benzene rings is 1. The molecule has 1 amide bonds. The van der Waals surface area contributed by atoms with Crippen LogP contribution in [0.15, 0.2) is 42.5 Å². The van der Waals surface area contributed by atoms with E-state index >= 15 is 0 Å². The lowest BCUT2D eigenvalue weighted by Gasteiger charge is -2.14. The normalized spacial score (nSPS) is 10.4. The fourth-order valence-electron chi connectivity index (χ4n) is 1.95. The third kappa shape index (κ3) is 4.27. The van der Waals surface area contributed by atoms with Gasteiger partial charge in [-0.25, -0.2) is 0 Å². The standard InChI is InChI=1S/C16H20N4O/c1-3-12(4-2)17-15-11-10-14(19-20-15)16(21)18-13-8-6-5-7-9-13/h5-12H,3-4H2,1-2H3,(H,17,20)(H,18,21). The molecule has 1 aromatic heterocycles. The third-order valence-corrected chi connectivity index (χ3v) is 3.27. The number of nitrogens with zero attached hydrogens (tertiary/aromatic N) is 2. The lowest BCUT2D eigenvalue weighted by atomic mass is 10.2. The fourth-order valence-corrected chi connectivity index (χ4v) is 1.95. The van der Waals surface area contributed by atoms with Crippen molar-refractivity contribution >= 4 is 17.4 Å². The van der Waals surface area contributed by atoms with Crippen molar-refractivity contribution in [1.29, 1.82) is 0 Å². The maximum absolute atomic E-state index is 12.0. The number of hydrogen-bond acceptors (Lipinski definition) is 4. The first-order valence-electron chi connectivity index (χ1n) is 7.19. The molecule has 0 aliphatic heterocycles. The van der Waals surface area contributed by atoms with Crippen molar-refractivity contribution < 1.29 is 4.79 Å². The zero-order valence-electron chi connectivity index (χ0n) is 12.3. The van der Waals surface area contributed by atoms with E-state index in [4.69, 9.17) is 0 Å². The second kappa shape index (κ2) is 7.38. The van der Waals surface area contributed by atoms with E-state index in [1.54, 1.807) is 12.1 Å². The molecule has 2 rings (SSSR count). The number of aromatic nitrogens is 2. The van der Waals surface area contributed by atoms with Gasteiger partial charge in [0.2, 0.25) is 0 Å². The summed E-state index contributed by atoms with van der Waals surface area (Å²) in [6, 6.07) is 13.1. The summed E-state index contributed by atoms with van der Waals surface area (Å²) in [7, 11) is 0. The van der Waals surface area contributed by atoms with E-state index in [0.717, 1.165) is 18.5 Å². The molecular formula is C16H20N4O. The van der Waals surface area contributed by atoms with Gasteiger partial charge in [-0.15, -0.1) is 10.2 Å². The van der Waals surface area contributed by atoms with Gasteiger partial charge in [-0.05, 0) is 37.1 Å². The number of carbonyl (C=O) groups excluding carboxylic acids is 1. The highest BCUT2D eigenvalue weighted by atomic mass is 16.1. The topological polar surface area (TPSA) is 66.9 Å². The van der Waals surface area contributed by atoms with Crippen molar-refractivity contribution in [2.75, 3.05) is 10.6 Å². The van der Waals surface area contributed by atoms with Gasteiger partial charge in [0, 0.05) is 11.7 Å². The average molecular weight is 284 g/mol. The Labute approximate surface area is 124 Å². The molecular weight excluding hydrogens is 264 g/mol. The van der Waals surface area contributed by atoms with Crippen molar-refractivity contribution in [2.45, 2.75) is 32.7 Å². The van der Waals surface area contributed by atoms with Gasteiger partial charge in [0.1, 0.15) is 5.82 Å². The molecule has 0 fully saturated rings. The number of amides is 1. The summed E-state index contributed by atoms with van der Waals surface area (Å²) in [5.41, 5.74) is 1.04. The summed E-state index contributed by atoms with van der Waals surface area (Å²) in [5, 5.41) is 14.1. The molecule has 1 aromatic carbocycles. The van der Waals surface area contributed by atoms with Crippen LogP contribution in [0.2, 0.25) is 0 Å². The molecule has 0 spiro atoms. The monoisotopic (exact) mass is 284 g/mol. The Bertz CT molecular complexity index is 565. The van der Waals surface area contributed by atoms with Crippen LogP contribution in [-0.4, -0.2) is 22.1 Å². The first kappa shape index (κ1) is 15.0. The van der Waals surface area contributed by atoms with Gasteiger partial charge in [0.25, 0.3) is 5.91 Å². The van der Waals surface area contributed by atoms with Gasteiger partial charge < -0.3 is 10.6 Å². The number of anilines is 2. The Morgan fingerprint density at radius 2 is 1.76 bits per heavy atom. The third-order valence-electron chi connectivity index (χ3n) is 3.27. The molecule has 0 saturated carbocycles. The van der Waals surface area contributed by atoms with Gasteiger partial charge >= 0.3 is 0 Å². The highest BCUT2D eigenvalue weighted by Crippen LogP contribution is 2.10. The predicted molar refractivity (Wildman–Crippen MR) is 84.4 cm³/mol.